The number of hydrogen-bond acceptors (Lipinski definition) is 11. The van der Waals surface area contributed by atoms with Crippen molar-refractivity contribution in [1.29, 1.82) is 0 Å². The van der Waals surface area contributed by atoms with Crippen molar-refractivity contribution in [2.45, 2.75) is 52.5 Å². The first-order valence-electron chi connectivity index (χ1n) is 16.6. The molecule has 1 aliphatic rings. The number of carbonyl (C=O) groups excluding carboxylic acids is 1. The van der Waals surface area contributed by atoms with Gasteiger partial charge in [-0.15, -0.1) is 0 Å². The number of nitrogen functional groups attached to an aromatic ring is 1. The lowest BCUT2D eigenvalue weighted by Gasteiger charge is -2.34. The van der Waals surface area contributed by atoms with Gasteiger partial charge in [0.2, 0.25) is 0 Å². The number of nitrogens with zero attached hydrogens (tertiary/aromatic N) is 5. The van der Waals surface area contributed by atoms with E-state index in [1.807, 2.05) is 6.92 Å². The molecular weight excluding hydrogens is 590 g/mol. The maximum absolute atomic E-state index is 12.4. The molecular formula is C33H53N7O6. The Hall–Kier alpha value is -3.07. The molecule has 0 unspecified atom stereocenters. The van der Waals surface area contributed by atoms with Gasteiger partial charge < -0.3 is 45.4 Å². The molecule has 0 saturated carbocycles. The molecule has 0 bridgehead atoms. The van der Waals surface area contributed by atoms with Gasteiger partial charge in [0.05, 0.1) is 50.7 Å². The first kappa shape index (κ1) is 35.8. The summed E-state index contributed by atoms with van der Waals surface area (Å²) in [5.41, 5.74) is 14.7. The smallest absolute Gasteiger partial charge is 0.409 e. The zero-order valence-electron chi connectivity index (χ0n) is 27.6. The fraction of sp³-hybridized carbons (Fsp3) is 0.667. The third-order valence-electron chi connectivity index (χ3n) is 8.56. The minimum Gasteiger partial charge on any atom is -0.447 e. The highest BCUT2D eigenvalue weighted by molar-refractivity contribution is 6.06. The van der Waals surface area contributed by atoms with E-state index in [4.69, 9.17) is 35.6 Å². The summed E-state index contributed by atoms with van der Waals surface area (Å²) in [5.74, 6) is 1.29. The Morgan fingerprint density at radius 2 is 1.70 bits per heavy atom. The van der Waals surface area contributed by atoms with Crippen LogP contribution in [0.3, 0.4) is 0 Å². The Kier molecular flexibility index (Phi) is 13.8. The van der Waals surface area contributed by atoms with Crippen molar-refractivity contribution in [1.82, 2.24) is 24.3 Å². The summed E-state index contributed by atoms with van der Waals surface area (Å²) >= 11 is 0. The van der Waals surface area contributed by atoms with Crippen molar-refractivity contribution < 1.29 is 29.2 Å². The molecule has 256 valence electrons. The molecule has 1 fully saturated rings. The number of hydrogen-bond donors (Lipinski definition) is 4. The number of aliphatic hydroxyl groups is 2. The topological polar surface area (TPSA) is 174 Å². The van der Waals surface area contributed by atoms with Crippen LogP contribution in [-0.4, -0.2) is 126 Å². The zero-order valence-corrected chi connectivity index (χ0v) is 27.6. The van der Waals surface area contributed by atoms with Gasteiger partial charge in [-0.1, -0.05) is 32.4 Å². The van der Waals surface area contributed by atoms with Gasteiger partial charge >= 0.3 is 6.09 Å². The second kappa shape index (κ2) is 17.7. The van der Waals surface area contributed by atoms with Crippen LogP contribution in [0.5, 0.6) is 0 Å². The average molecular weight is 644 g/mol. The van der Waals surface area contributed by atoms with Crippen LogP contribution in [0.1, 0.15) is 44.5 Å². The minimum atomic E-state index is -0.694. The SMILES string of the molecule is CCCCc1nc2c(N)nc3cc(CCCN4CCN(C(=O)OCCOCCOCCN)CC4)ccc3c2n1CC(C)(CO)CO. The standard InChI is InChI=1S/C33H53N7O6/c1-3-4-7-28-37-29-30(40(28)22-33(2,23-41)24-42)26-9-8-25(21-27(26)36-31(29)35)6-5-11-38-12-14-39(15-13-38)32(43)46-20-19-45-18-17-44-16-10-34/h8-9,21,41-42H,3-7,10-20,22-24,34H2,1-2H3,(H2,35,36). The van der Waals surface area contributed by atoms with Gasteiger partial charge in [0.1, 0.15) is 17.9 Å². The van der Waals surface area contributed by atoms with Crippen LogP contribution in [0.2, 0.25) is 0 Å². The monoisotopic (exact) mass is 643 g/mol. The number of benzene rings is 1. The number of piperazine rings is 1. The number of carbonyl (C=O) groups is 1. The summed E-state index contributed by atoms with van der Waals surface area (Å²) in [4.78, 5) is 26.2. The quantitative estimate of drug-likeness (QED) is 0.141. The molecule has 1 amide bonds. The molecule has 1 aromatic carbocycles. The lowest BCUT2D eigenvalue weighted by atomic mass is 9.92. The van der Waals surface area contributed by atoms with Crippen LogP contribution in [-0.2, 0) is 33.6 Å². The third-order valence-corrected chi connectivity index (χ3v) is 8.56. The number of aromatic nitrogens is 3. The number of aryl methyl sites for hydroxylation is 2. The molecule has 0 atom stereocenters. The zero-order chi connectivity index (χ0) is 32.9. The Labute approximate surface area is 271 Å². The summed E-state index contributed by atoms with van der Waals surface area (Å²) < 4.78 is 18.1. The van der Waals surface area contributed by atoms with E-state index in [0.717, 1.165) is 74.0 Å². The van der Waals surface area contributed by atoms with Crippen molar-refractivity contribution in [3.8, 4) is 0 Å². The van der Waals surface area contributed by atoms with Gasteiger partial charge in [-0.05, 0) is 37.4 Å². The highest BCUT2D eigenvalue weighted by atomic mass is 16.6. The van der Waals surface area contributed by atoms with Gasteiger partial charge in [-0.3, -0.25) is 4.90 Å². The van der Waals surface area contributed by atoms with E-state index < -0.39 is 5.41 Å². The van der Waals surface area contributed by atoms with Crippen molar-refractivity contribution in [2.75, 3.05) is 91.3 Å². The number of imidazole rings is 1. The number of pyridine rings is 1. The molecule has 3 aromatic rings. The van der Waals surface area contributed by atoms with Crippen molar-refractivity contribution in [2.24, 2.45) is 11.1 Å². The molecule has 4 rings (SSSR count). The predicted octanol–water partition coefficient (Wildman–Crippen LogP) is 2.18. The Bertz CT molecular complexity index is 1390. The lowest BCUT2D eigenvalue weighted by molar-refractivity contribution is 0.0199. The Morgan fingerprint density at radius 3 is 2.39 bits per heavy atom. The van der Waals surface area contributed by atoms with E-state index in [1.165, 1.54) is 5.56 Å². The maximum Gasteiger partial charge on any atom is 0.409 e. The van der Waals surface area contributed by atoms with Gasteiger partial charge in [0.15, 0.2) is 5.82 Å². The molecule has 46 heavy (non-hydrogen) atoms. The molecule has 2 aromatic heterocycles. The Morgan fingerprint density at radius 1 is 0.978 bits per heavy atom. The highest BCUT2D eigenvalue weighted by Crippen LogP contribution is 2.32. The molecule has 1 saturated heterocycles. The van der Waals surface area contributed by atoms with E-state index in [2.05, 4.69) is 34.6 Å². The van der Waals surface area contributed by atoms with Gasteiger partial charge in [-0.25, -0.2) is 14.8 Å². The van der Waals surface area contributed by atoms with Gasteiger partial charge in [0, 0.05) is 56.5 Å². The molecule has 13 nitrogen and oxygen atoms in total. The summed E-state index contributed by atoms with van der Waals surface area (Å²) in [7, 11) is 0. The number of anilines is 1. The first-order valence-corrected chi connectivity index (χ1v) is 16.6. The van der Waals surface area contributed by atoms with Crippen LogP contribution in [0.15, 0.2) is 18.2 Å². The van der Waals surface area contributed by atoms with Crippen LogP contribution in [0.4, 0.5) is 10.6 Å². The average Bonchev–Trinajstić information content (AvgIpc) is 3.43. The molecule has 13 heteroatoms. The fourth-order valence-electron chi connectivity index (χ4n) is 5.73. The third kappa shape index (κ3) is 9.49. The number of fused-ring (bicyclic) bond motifs is 3. The molecule has 3 heterocycles. The van der Waals surface area contributed by atoms with E-state index in [0.29, 0.717) is 63.9 Å². The number of amides is 1. The van der Waals surface area contributed by atoms with E-state index in [1.54, 1.807) is 4.90 Å². The van der Waals surface area contributed by atoms with Gasteiger partial charge in [0.25, 0.3) is 0 Å². The summed E-state index contributed by atoms with van der Waals surface area (Å²) in [6.07, 6.45) is 4.37. The minimum absolute atomic E-state index is 0.138. The molecule has 0 spiro atoms. The van der Waals surface area contributed by atoms with Crippen molar-refractivity contribution in [3.63, 3.8) is 0 Å². The second-order valence-corrected chi connectivity index (χ2v) is 12.5. The lowest BCUT2D eigenvalue weighted by Crippen LogP contribution is -2.49. The van der Waals surface area contributed by atoms with Crippen LogP contribution in [0.25, 0.3) is 21.9 Å². The summed E-state index contributed by atoms with van der Waals surface area (Å²) in [6, 6.07) is 6.35. The predicted molar refractivity (Wildman–Crippen MR) is 179 cm³/mol. The molecule has 1 aliphatic heterocycles. The van der Waals surface area contributed by atoms with E-state index in [-0.39, 0.29) is 25.9 Å². The van der Waals surface area contributed by atoms with Crippen LogP contribution in [0, 0.1) is 5.41 Å². The largest absolute Gasteiger partial charge is 0.447 e. The van der Waals surface area contributed by atoms with Crippen molar-refractivity contribution >= 4 is 33.8 Å². The summed E-state index contributed by atoms with van der Waals surface area (Å²) in [6.45, 7) is 10.5. The van der Waals surface area contributed by atoms with E-state index in [9.17, 15) is 15.0 Å². The van der Waals surface area contributed by atoms with Crippen LogP contribution >= 0.6 is 0 Å². The number of ether oxygens (including phenoxy) is 3. The number of unbranched alkanes of at least 4 members (excludes halogenated alkanes) is 1. The summed E-state index contributed by atoms with van der Waals surface area (Å²) in [5, 5.41) is 21.1. The molecule has 0 radical (unpaired) electrons. The van der Waals surface area contributed by atoms with Crippen LogP contribution < -0.4 is 11.5 Å². The highest BCUT2D eigenvalue weighted by Gasteiger charge is 2.27. The van der Waals surface area contributed by atoms with Crippen molar-refractivity contribution in [3.05, 3.63) is 29.6 Å². The second-order valence-electron chi connectivity index (χ2n) is 12.5. The van der Waals surface area contributed by atoms with Gasteiger partial charge in [-0.2, -0.15) is 0 Å². The number of aliphatic hydroxyl groups excluding tert-OH is 2. The van der Waals surface area contributed by atoms with E-state index >= 15 is 0 Å². The molecule has 6 N–H and O–H groups in total. The number of rotatable bonds is 19. The maximum atomic E-state index is 12.4. The Balaban J connectivity index is 1.31. The number of nitrogens with two attached hydrogens (primary N) is 2. The normalized spacial score (nSPS) is 14.5. The molecule has 0 aliphatic carbocycles. The fourth-order valence-corrected chi connectivity index (χ4v) is 5.73. The first-order chi connectivity index (χ1) is 22.3.